The van der Waals surface area contributed by atoms with Crippen LogP contribution in [-0.2, 0) is 0 Å². The average molecular weight is 552 g/mol. The van der Waals surface area contributed by atoms with Crippen LogP contribution in [0.1, 0.15) is 52.6 Å². The standard InChI is InChI=1S/C23H21N3O2.C9H8O4/c1-16-6-2-3-7-19(16)22(27)25-18-12-10-17(11-13-18)23(28)26-15-14-24-20-8-4-5-9-21(20)26;1-5-2-3-6(8(10)11)4-7(5)9(12)13/h2-13,24H,14-15H2,1H3,(H,25,27);2-4H,1H3,(H,10,11)(H,12,13). The Morgan fingerprint density at radius 1 is 0.732 bits per heavy atom. The van der Waals surface area contributed by atoms with Crippen molar-refractivity contribution in [2.24, 2.45) is 0 Å². The summed E-state index contributed by atoms with van der Waals surface area (Å²) in [7, 11) is 0. The van der Waals surface area contributed by atoms with Crippen LogP contribution in [0.5, 0.6) is 0 Å². The Morgan fingerprint density at radius 3 is 2.05 bits per heavy atom. The fraction of sp³-hybridized carbons (Fsp3) is 0.125. The lowest BCUT2D eigenvalue weighted by atomic mass is 10.1. The van der Waals surface area contributed by atoms with E-state index in [2.05, 4.69) is 10.6 Å². The quantitative estimate of drug-likeness (QED) is 0.249. The highest BCUT2D eigenvalue weighted by molar-refractivity contribution is 6.09. The molecule has 41 heavy (non-hydrogen) atoms. The van der Waals surface area contributed by atoms with Crippen LogP contribution in [0.25, 0.3) is 0 Å². The molecule has 9 nitrogen and oxygen atoms in total. The number of hydrogen-bond donors (Lipinski definition) is 4. The number of aryl methyl sites for hydroxylation is 2. The van der Waals surface area contributed by atoms with E-state index in [1.54, 1.807) is 42.2 Å². The van der Waals surface area contributed by atoms with Crippen LogP contribution in [0, 0.1) is 13.8 Å². The third kappa shape index (κ3) is 6.77. The molecule has 0 unspecified atom stereocenters. The number of benzene rings is 4. The number of anilines is 3. The van der Waals surface area contributed by atoms with Crippen LogP contribution in [0.4, 0.5) is 17.1 Å². The minimum atomic E-state index is -1.12. The van der Waals surface area contributed by atoms with Crippen molar-refractivity contribution in [1.82, 2.24) is 0 Å². The van der Waals surface area contributed by atoms with E-state index in [0.717, 1.165) is 23.0 Å². The summed E-state index contributed by atoms with van der Waals surface area (Å²) in [4.78, 5) is 48.3. The van der Waals surface area contributed by atoms with Gasteiger partial charge in [0.15, 0.2) is 0 Å². The summed E-state index contributed by atoms with van der Waals surface area (Å²) >= 11 is 0. The maximum atomic E-state index is 13.0. The number of carbonyl (C=O) groups is 4. The summed E-state index contributed by atoms with van der Waals surface area (Å²) in [6, 6.07) is 26.3. The Hall–Kier alpha value is -5.44. The summed E-state index contributed by atoms with van der Waals surface area (Å²) in [6.07, 6.45) is 0. The molecule has 4 aromatic carbocycles. The normalized spacial score (nSPS) is 11.7. The largest absolute Gasteiger partial charge is 0.478 e. The van der Waals surface area contributed by atoms with Crippen molar-refractivity contribution < 1.29 is 29.4 Å². The number of rotatable bonds is 5. The Morgan fingerprint density at radius 2 is 1.37 bits per heavy atom. The van der Waals surface area contributed by atoms with Crippen molar-refractivity contribution in [3.63, 3.8) is 0 Å². The van der Waals surface area contributed by atoms with Gasteiger partial charge in [0.25, 0.3) is 11.8 Å². The predicted molar refractivity (Wildman–Crippen MR) is 157 cm³/mol. The number of hydrogen-bond acceptors (Lipinski definition) is 5. The summed E-state index contributed by atoms with van der Waals surface area (Å²) < 4.78 is 0. The fourth-order valence-corrected chi connectivity index (χ4v) is 4.36. The van der Waals surface area contributed by atoms with E-state index in [4.69, 9.17) is 10.2 Å². The summed E-state index contributed by atoms with van der Waals surface area (Å²) in [5.41, 5.74) is 5.22. The number of carboxylic acids is 2. The number of fused-ring (bicyclic) bond motifs is 1. The fourth-order valence-electron chi connectivity index (χ4n) is 4.36. The lowest BCUT2D eigenvalue weighted by molar-refractivity contribution is 0.0695. The highest BCUT2D eigenvalue weighted by Gasteiger charge is 2.23. The van der Waals surface area contributed by atoms with Gasteiger partial charge < -0.3 is 25.7 Å². The van der Waals surface area contributed by atoms with Crippen LogP contribution < -0.4 is 15.5 Å². The van der Waals surface area contributed by atoms with Crippen LogP contribution in [0.2, 0.25) is 0 Å². The van der Waals surface area contributed by atoms with Gasteiger partial charge in [0.1, 0.15) is 0 Å². The van der Waals surface area contributed by atoms with Crippen molar-refractivity contribution in [2.75, 3.05) is 28.6 Å². The number of nitrogens with one attached hydrogen (secondary N) is 2. The molecular weight excluding hydrogens is 522 g/mol. The second-order valence-corrected chi connectivity index (χ2v) is 9.39. The molecule has 4 aromatic rings. The first-order valence-electron chi connectivity index (χ1n) is 12.8. The van der Waals surface area contributed by atoms with Crippen LogP contribution in [0.3, 0.4) is 0 Å². The van der Waals surface area contributed by atoms with Gasteiger partial charge in [-0.1, -0.05) is 36.4 Å². The van der Waals surface area contributed by atoms with Gasteiger partial charge in [-0.25, -0.2) is 9.59 Å². The van der Waals surface area contributed by atoms with Gasteiger partial charge in [0.2, 0.25) is 0 Å². The van der Waals surface area contributed by atoms with Gasteiger partial charge in [-0.05, 0) is 79.6 Å². The van der Waals surface area contributed by atoms with Crippen LogP contribution in [-0.4, -0.2) is 47.1 Å². The molecule has 9 heteroatoms. The Labute approximate surface area is 237 Å². The molecule has 0 atom stereocenters. The third-order valence-electron chi connectivity index (χ3n) is 6.59. The number of para-hydroxylation sites is 2. The first-order chi connectivity index (χ1) is 19.7. The van der Waals surface area contributed by atoms with Crippen LogP contribution >= 0.6 is 0 Å². The molecule has 2 amide bonds. The number of carbonyl (C=O) groups excluding carboxylic acids is 2. The van der Waals surface area contributed by atoms with E-state index in [-0.39, 0.29) is 22.9 Å². The van der Waals surface area contributed by atoms with E-state index >= 15 is 0 Å². The summed E-state index contributed by atoms with van der Waals surface area (Å²) in [5.74, 6) is -2.44. The molecule has 1 aliphatic rings. The monoisotopic (exact) mass is 551 g/mol. The van der Waals surface area contributed by atoms with Crippen molar-refractivity contribution in [2.45, 2.75) is 13.8 Å². The molecular formula is C32H29N3O6. The molecule has 0 fully saturated rings. The predicted octanol–water partition coefficient (Wildman–Crippen LogP) is 5.71. The maximum absolute atomic E-state index is 13.0. The molecule has 0 bridgehead atoms. The van der Waals surface area contributed by atoms with E-state index < -0.39 is 11.9 Å². The topological polar surface area (TPSA) is 136 Å². The smallest absolute Gasteiger partial charge is 0.335 e. The Bertz CT molecular complexity index is 1610. The first kappa shape index (κ1) is 28.6. The van der Waals surface area contributed by atoms with Gasteiger partial charge in [0, 0.05) is 29.9 Å². The zero-order valence-corrected chi connectivity index (χ0v) is 22.5. The van der Waals surface area contributed by atoms with Crippen LogP contribution in [0.15, 0.2) is 91.0 Å². The van der Waals surface area contributed by atoms with E-state index in [9.17, 15) is 19.2 Å². The maximum Gasteiger partial charge on any atom is 0.335 e. The van der Waals surface area contributed by atoms with Gasteiger partial charge in [-0.3, -0.25) is 9.59 Å². The molecule has 0 saturated carbocycles. The molecule has 4 N–H and O–H groups in total. The lowest BCUT2D eigenvalue weighted by Gasteiger charge is -2.30. The van der Waals surface area contributed by atoms with Crippen molar-refractivity contribution >= 4 is 40.8 Å². The van der Waals surface area contributed by atoms with Gasteiger partial charge >= 0.3 is 11.9 Å². The molecule has 208 valence electrons. The van der Waals surface area contributed by atoms with E-state index in [1.807, 2.05) is 49.4 Å². The molecule has 0 aromatic heterocycles. The highest BCUT2D eigenvalue weighted by atomic mass is 16.4. The van der Waals surface area contributed by atoms with Gasteiger partial charge in [0.05, 0.1) is 22.5 Å². The Kier molecular flexibility index (Phi) is 8.79. The van der Waals surface area contributed by atoms with Crippen molar-refractivity contribution in [3.8, 4) is 0 Å². The number of aromatic carboxylic acids is 2. The first-order valence-corrected chi connectivity index (χ1v) is 12.8. The zero-order valence-electron chi connectivity index (χ0n) is 22.5. The molecule has 0 aliphatic carbocycles. The van der Waals surface area contributed by atoms with Crippen molar-refractivity contribution in [1.29, 1.82) is 0 Å². The SMILES string of the molecule is Cc1ccc(C(=O)O)cc1C(=O)O.Cc1ccccc1C(=O)Nc1ccc(C(=O)N2CCNc3ccccc32)cc1. The van der Waals surface area contributed by atoms with Gasteiger partial charge in [-0.2, -0.15) is 0 Å². The lowest BCUT2D eigenvalue weighted by Crippen LogP contribution is -2.38. The van der Waals surface area contributed by atoms with Gasteiger partial charge in [-0.15, -0.1) is 0 Å². The minimum Gasteiger partial charge on any atom is -0.478 e. The molecule has 1 aliphatic heterocycles. The minimum absolute atomic E-state index is 0.0111. The Balaban J connectivity index is 0.000000251. The second kappa shape index (κ2) is 12.6. The summed E-state index contributed by atoms with van der Waals surface area (Å²) in [6.45, 7) is 4.85. The van der Waals surface area contributed by atoms with E-state index in [0.29, 0.717) is 35.5 Å². The molecule has 0 saturated heterocycles. The number of amides is 2. The molecule has 0 spiro atoms. The molecule has 0 radical (unpaired) electrons. The average Bonchev–Trinajstić information content (AvgIpc) is 2.97. The second-order valence-electron chi connectivity index (χ2n) is 9.39. The third-order valence-corrected chi connectivity index (χ3v) is 6.59. The number of nitrogens with zero attached hydrogens (tertiary/aromatic N) is 1. The van der Waals surface area contributed by atoms with E-state index in [1.165, 1.54) is 12.1 Å². The summed E-state index contributed by atoms with van der Waals surface area (Å²) in [5, 5.41) is 23.5. The molecule has 5 rings (SSSR count). The highest BCUT2D eigenvalue weighted by Crippen LogP contribution is 2.29. The molecule has 1 heterocycles. The zero-order chi connectivity index (χ0) is 29.5. The van der Waals surface area contributed by atoms with Crippen molar-refractivity contribution in [3.05, 3.63) is 124 Å². The number of carboxylic acid groups (broad SMARTS) is 2.